The van der Waals surface area contributed by atoms with E-state index in [2.05, 4.69) is 21.2 Å². The van der Waals surface area contributed by atoms with E-state index >= 15 is 0 Å². The zero-order chi connectivity index (χ0) is 15.4. The molecule has 4 nitrogen and oxygen atoms in total. The predicted octanol–water partition coefficient (Wildman–Crippen LogP) is 4.35. The molecule has 0 radical (unpaired) electrons. The van der Waals surface area contributed by atoms with Gasteiger partial charge in [-0.3, -0.25) is 10.1 Å². The van der Waals surface area contributed by atoms with Gasteiger partial charge in [0.15, 0.2) is 0 Å². The molecule has 0 spiro atoms. The molecule has 2 rings (SSSR count). The third-order valence-electron chi connectivity index (χ3n) is 3.20. The van der Waals surface area contributed by atoms with Crippen LogP contribution < -0.4 is 5.32 Å². The summed E-state index contributed by atoms with van der Waals surface area (Å²) in [6.45, 7) is 2.18. The van der Waals surface area contributed by atoms with Crippen LogP contribution in [0.3, 0.4) is 0 Å². The largest absolute Gasteiger partial charge is 0.306 e. The number of hydrogen-bond acceptors (Lipinski definition) is 3. The molecule has 0 saturated carbocycles. The Morgan fingerprint density at radius 3 is 2.71 bits per heavy atom. The number of hydrogen-bond donors (Lipinski definition) is 1. The molecule has 0 bridgehead atoms. The van der Waals surface area contributed by atoms with Gasteiger partial charge >= 0.3 is 5.69 Å². The van der Waals surface area contributed by atoms with Gasteiger partial charge in [-0.15, -0.1) is 0 Å². The van der Waals surface area contributed by atoms with E-state index in [-0.39, 0.29) is 18.2 Å². The number of halogens is 2. The molecular formula is C15H14BrFN2O2. The molecule has 0 amide bonds. The molecule has 0 aromatic heterocycles. The fourth-order valence-corrected chi connectivity index (χ4v) is 2.42. The zero-order valence-electron chi connectivity index (χ0n) is 11.3. The first-order valence-corrected chi connectivity index (χ1v) is 7.19. The Balaban J connectivity index is 2.10. The topological polar surface area (TPSA) is 55.2 Å². The maximum atomic E-state index is 14.0. The second kappa shape index (κ2) is 6.78. The highest BCUT2D eigenvalue weighted by molar-refractivity contribution is 9.10. The van der Waals surface area contributed by atoms with Crippen LogP contribution in [0.5, 0.6) is 0 Å². The van der Waals surface area contributed by atoms with Gasteiger partial charge in [0.25, 0.3) is 0 Å². The standard InChI is InChI=1S/C15H14BrFN2O2/c1-10(11-4-2-6-13(16)8-11)18-9-12-5-3-7-14(15(12)17)19(20)21/h2-8,10,18H,9H2,1H3. The summed E-state index contributed by atoms with van der Waals surface area (Å²) in [6.07, 6.45) is 0. The van der Waals surface area contributed by atoms with Crippen molar-refractivity contribution in [3.8, 4) is 0 Å². The molecule has 0 aliphatic heterocycles. The van der Waals surface area contributed by atoms with Gasteiger partial charge in [-0.2, -0.15) is 4.39 Å². The minimum Gasteiger partial charge on any atom is -0.306 e. The van der Waals surface area contributed by atoms with Gasteiger partial charge in [-0.05, 0) is 24.6 Å². The quantitative estimate of drug-likeness (QED) is 0.642. The molecule has 2 aromatic carbocycles. The molecule has 2 aromatic rings. The number of rotatable bonds is 5. The van der Waals surface area contributed by atoms with Gasteiger partial charge in [0.2, 0.25) is 5.82 Å². The first-order chi connectivity index (χ1) is 9.99. The fraction of sp³-hybridized carbons (Fsp3) is 0.200. The fourth-order valence-electron chi connectivity index (χ4n) is 2.00. The molecule has 0 aliphatic carbocycles. The van der Waals surface area contributed by atoms with Crippen molar-refractivity contribution in [3.05, 3.63) is 74.0 Å². The van der Waals surface area contributed by atoms with Crippen LogP contribution in [0.4, 0.5) is 10.1 Å². The number of benzene rings is 2. The summed E-state index contributed by atoms with van der Waals surface area (Å²) in [4.78, 5) is 10.00. The highest BCUT2D eigenvalue weighted by Crippen LogP contribution is 2.22. The van der Waals surface area contributed by atoms with Crippen molar-refractivity contribution < 1.29 is 9.31 Å². The molecule has 1 unspecified atom stereocenters. The lowest BCUT2D eigenvalue weighted by Gasteiger charge is -2.15. The van der Waals surface area contributed by atoms with E-state index in [1.54, 1.807) is 6.07 Å². The Morgan fingerprint density at radius 1 is 1.33 bits per heavy atom. The van der Waals surface area contributed by atoms with Crippen molar-refractivity contribution in [2.45, 2.75) is 19.5 Å². The lowest BCUT2D eigenvalue weighted by molar-refractivity contribution is -0.387. The van der Waals surface area contributed by atoms with E-state index in [0.29, 0.717) is 0 Å². The Hall–Kier alpha value is -1.79. The molecule has 6 heteroatoms. The first kappa shape index (κ1) is 15.6. The highest BCUT2D eigenvalue weighted by Gasteiger charge is 2.17. The summed E-state index contributed by atoms with van der Waals surface area (Å²) >= 11 is 3.40. The van der Waals surface area contributed by atoms with Crippen molar-refractivity contribution in [1.82, 2.24) is 5.32 Å². The lowest BCUT2D eigenvalue weighted by Crippen LogP contribution is -2.19. The average molecular weight is 353 g/mol. The van der Waals surface area contributed by atoms with Gasteiger partial charge in [-0.1, -0.05) is 40.2 Å². The van der Waals surface area contributed by atoms with Gasteiger partial charge < -0.3 is 5.32 Å². The third kappa shape index (κ3) is 3.86. The van der Waals surface area contributed by atoms with Crippen molar-refractivity contribution in [3.63, 3.8) is 0 Å². The van der Waals surface area contributed by atoms with E-state index in [1.165, 1.54) is 6.07 Å². The summed E-state index contributed by atoms with van der Waals surface area (Å²) in [5.74, 6) is -0.781. The van der Waals surface area contributed by atoms with Gasteiger partial charge in [-0.25, -0.2) is 0 Å². The predicted molar refractivity (Wildman–Crippen MR) is 82.5 cm³/mol. The molecule has 1 N–H and O–H groups in total. The molecule has 0 saturated heterocycles. The first-order valence-electron chi connectivity index (χ1n) is 6.39. The second-order valence-corrected chi connectivity index (χ2v) is 5.58. The van der Waals surface area contributed by atoms with Crippen LogP contribution in [0.15, 0.2) is 46.9 Å². The number of nitro benzene ring substituents is 1. The van der Waals surface area contributed by atoms with Gasteiger partial charge in [0, 0.05) is 28.7 Å². The van der Waals surface area contributed by atoms with Crippen LogP contribution in [-0.2, 0) is 6.54 Å². The van der Waals surface area contributed by atoms with Crippen LogP contribution >= 0.6 is 15.9 Å². The van der Waals surface area contributed by atoms with Crippen LogP contribution in [0, 0.1) is 15.9 Å². The number of nitrogens with one attached hydrogen (secondary N) is 1. The summed E-state index contributed by atoms with van der Waals surface area (Å²) in [7, 11) is 0. The maximum absolute atomic E-state index is 14.0. The molecule has 0 heterocycles. The van der Waals surface area contributed by atoms with E-state index in [1.807, 2.05) is 31.2 Å². The van der Waals surface area contributed by atoms with Crippen LogP contribution in [-0.4, -0.2) is 4.92 Å². The second-order valence-electron chi connectivity index (χ2n) is 4.66. The summed E-state index contributed by atoms with van der Waals surface area (Å²) in [6, 6.07) is 12.0. The zero-order valence-corrected chi connectivity index (χ0v) is 12.9. The molecule has 110 valence electrons. The van der Waals surface area contributed by atoms with Crippen LogP contribution in [0.2, 0.25) is 0 Å². The normalized spacial score (nSPS) is 12.1. The van der Waals surface area contributed by atoms with E-state index in [0.717, 1.165) is 16.1 Å². The maximum Gasteiger partial charge on any atom is 0.305 e. The average Bonchev–Trinajstić information content (AvgIpc) is 2.45. The molecule has 21 heavy (non-hydrogen) atoms. The summed E-state index contributed by atoms with van der Waals surface area (Å²) in [5, 5.41) is 13.9. The Bertz CT molecular complexity index is 664. The monoisotopic (exact) mass is 352 g/mol. The minimum atomic E-state index is -0.781. The third-order valence-corrected chi connectivity index (χ3v) is 3.70. The van der Waals surface area contributed by atoms with Gasteiger partial charge in [0.05, 0.1) is 4.92 Å². The smallest absolute Gasteiger partial charge is 0.305 e. The van der Waals surface area contributed by atoms with E-state index in [9.17, 15) is 14.5 Å². The van der Waals surface area contributed by atoms with Crippen LogP contribution in [0.1, 0.15) is 24.1 Å². The number of nitro groups is 1. The van der Waals surface area contributed by atoms with Crippen molar-refractivity contribution in [2.24, 2.45) is 0 Å². The van der Waals surface area contributed by atoms with Crippen LogP contribution in [0.25, 0.3) is 0 Å². The van der Waals surface area contributed by atoms with E-state index in [4.69, 9.17) is 0 Å². The molecule has 0 aliphatic rings. The van der Waals surface area contributed by atoms with E-state index < -0.39 is 16.4 Å². The summed E-state index contributed by atoms with van der Waals surface area (Å²) in [5.41, 5.74) is 0.839. The Morgan fingerprint density at radius 2 is 2.05 bits per heavy atom. The molecule has 0 fully saturated rings. The van der Waals surface area contributed by atoms with Gasteiger partial charge in [0.1, 0.15) is 0 Å². The van der Waals surface area contributed by atoms with Crippen molar-refractivity contribution in [1.29, 1.82) is 0 Å². The SMILES string of the molecule is CC(NCc1cccc([N+](=O)[O-])c1F)c1cccc(Br)c1. The molecule has 1 atom stereocenters. The Kier molecular flexibility index (Phi) is 5.03. The Labute approximate surface area is 130 Å². The highest BCUT2D eigenvalue weighted by atomic mass is 79.9. The lowest BCUT2D eigenvalue weighted by atomic mass is 10.1. The number of nitrogens with zero attached hydrogens (tertiary/aromatic N) is 1. The van der Waals surface area contributed by atoms with Crippen molar-refractivity contribution in [2.75, 3.05) is 0 Å². The molecular weight excluding hydrogens is 339 g/mol. The minimum absolute atomic E-state index is 0.00108. The van der Waals surface area contributed by atoms with Crippen molar-refractivity contribution >= 4 is 21.6 Å². The summed E-state index contributed by atoms with van der Waals surface area (Å²) < 4.78 is 14.9.